The van der Waals surface area contributed by atoms with Crippen LogP contribution < -0.4 is 0 Å². The largest absolute Gasteiger partial charge is 0.636 e. The summed E-state index contributed by atoms with van der Waals surface area (Å²) in [5, 5.41) is 9.23. The monoisotopic (exact) mass is 202 g/mol. The normalized spacial score (nSPS) is 11.4. The molecule has 0 aromatic rings. The Bertz CT molecular complexity index is 115. The van der Waals surface area contributed by atoms with Gasteiger partial charge in [-0.25, -0.2) is 0 Å². The van der Waals surface area contributed by atoms with Crippen molar-refractivity contribution in [3.63, 3.8) is 0 Å². The second kappa shape index (κ2) is 8.27. The van der Waals surface area contributed by atoms with Gasteiger partial charge in [0.15, 0.2) is 0 Å². The highest BCUT2D eigenvalue weighted by Gasteiger charge is 2.15. The smallest absolute Gasteiger partial charge is 0.402 e. The van der Waals surface area contributed by atoms with Gasteiger partial charge in [-0.05, 0) is 24.7 Å². The molecule has 0 radical (unpaired) electrons. The van der Waals surface area contributed by atoms with Gasteiger partial charge in [0.1, 0.15) is 0 Å². The molecule has 0 aliphatic rings. The van der Waals surface area contributed by atoms with Gasteiger partial charge in [-0.1, -0.05) is 27.7 Å². The fourth-order valence-corrected chi connectivity index (χ4v) is 0.857. The maximum Gasteiger partial charge on any atom is 0.636 e. The number of hydrogen-bond acceptors (Lipinski definition) is 3. The van der Waals surface area contributed by atoms with E-state index in [-0.39, 0.29) is 0 Å². The van der Waals surface area contributed by atoms with Gasteiger partial charge < -0.3 is 14.3 Å². The predicted octanol–water partition coefficient (Wildman–Crippen LogP) is 2.09. The highest BCUT2D eigenvalue weighted by atomic mass is 16.7. The van der Waals surface area contributed by atoms with Crippen molar-refractivity contribution in [2.75, 3.05) is 13.2 Å². The molecule has 0 saturated carbocycles. The fraction of sp³-hybridized carbons (Fsp3) is 1.00. The summed E-state index contributed by atoms with van der Waals surface area (Å²) in [5.41, 5.74) is 0. The zero-order valence-electron chi connectivity index (χ0n) is 9.82. The second-order valence-electron chi connectivity index (χ2n) is 4.41. The van der Waals surface area contributed by atoms with Gasteiger partial charge in [0.2, 0.25) is 0 Å². The summed E-state index contributed by atoms with van der Waals surface area (Å²) in [4.78, 5) is 0. The van der Waals surface area contributed by atoms with Crippen molar-refractivity contribution < 1.29 is 14.3 Å². The molecule has 0 aromatic carbocycles. The van der Waals surface area contributed by atoms with Crippen molar-refractivity contribution >= 4 is 7.32 Å². The SMILES string of the molecule is CC(C)CCOB(O)OCCC(C)C. The highest BCUT2D eigenvalue weighted by Crippen LogP contribution is 2.02. The van der Waals surface area contributed by atoms with Crippen LogP contribution in [-0.2, 0) is 9.31 Å². The van der Waals surface area contributed by atoms with Crippen molar-refractivity contribution in [1.29, 1.82) is 0 Å². The molecular formula is C10H23BO3. The lowest BCUT2D eigenvalue weighted by Gasteiger charge is -2.10. The molecule has 0 fully saturated rings. The van der Waals surface area contributed by atoms with Crippen molar-refractivity contribution in [2.45, 2.75) is 40.5 Å². The molecule has 4 heteroatoms. The summed E-state index contributed by atoms with van der Waals surface area (Å²) in [6.07, 6.45) is 1.90. The third kappa shape index (κ3) is 10.0. The molecule has 0 rings (SSSR count). The molecule has 0 unspecified atom stereocenters. The molecule has 0 aromatic heterocycles. The first-order valence-electron chi connectivity index (χ1n) is 5.43. The Morgan fingerprint density at radius 1 is 0.929 bits per heavy atom. The minimum Gasteiger partial charge on any atom is -0.402 e. The van der Waals surface area contributed by atoms with E-state index in [2.05, 4.69) is 27.7 Å². The first kappa shape index (κ1) is 13.9. The Morgan fingerprint density at radius 3 is 1.57 bits per heavy atom. The molecule has 0 bridgehead atoms. The van der Waals surface area contributed by atoms with Crippen LogP contribution in [0.15, 0.2) is 0 Å². The quantitative estimate of drug-likeness (QED) is 0.612. The zero-order valence-corrected chi connectivity index (χ0v) is 9.82. The van der Waals surface area contributed by atoms with Crippen LogP contribution in [0, 0.1) is 11.8 Å². The Labute approximate surface area is 88.0 Å². The Hall–Kier alpha value is -0.0551. The molecule has 0 aliphatic carbocycles. The molecular weight excluding hydrogens is 179 g/mol. The molecule has 0 amide bonds. The van der Waals surface area contributed by atoms with Gasteiger partial charge in [-0.15, -0.1) is 0 Å². The Balaban J connectivity index is 3.23. The molecule has 0 saturated heterocycles. The maximum absolute atomic E-state index is 9.23. The number of rotatable bonds is 8. The lowest BCUT2D eigenvalue weighted by Crippen LogP contribution is -2.24. The van der Waals surface area contributed by atoms with Gasteiger partial charge in [0.25, 0.3) is 0 Å². The van der Waals surface area contributed by atoms with Gasteiger partial charge in [-0.2, -0.15) is 0 Å². The molecule has 0 aliphatic heterocycles. The number of hydrogen-bond donors (Lipinski definition) is 1. The van der Waals surface area contributed by atoms with E-state index in [1.807, 2.05) is 0 Å². The van der Waals surface area contributed by atoms with Crippen molar-refractivity contribution in [2.24, 2.45) is 11.8 Å². The summed E-state index contributed by atoms with van der Waals surface area (Å²) in [6.45, 7) is 9.59. The van der Waals surface area contributed by atoms with E-state index in [1.54, 1.807) is 0 Å². The van der Waals surface area contributed by atoms with E-state index >= 15 is 0 Å². The lowest BCUT2D eigenvalue weighted by molar-refractivity contribution is 0.122. The zero-order chi connectivity index (χ0) is 11.0. The minimum absolute atomic E-state index is 0.556. The minimum atomic E-state index is -1.05. The van der Waals surface area contributed by atoms with Gasteiger partial charge in [-0.3, -0.25) is 0 Å². The molecule has 0 spiro atoms. The van der Waals surface area contributed by atoms with Crippen LogP contribution in [-0.4, -0.2) is 25.6 Å². The molecule has 0 atom stereocenters. The summed E-state index contributed by atoms with van der Waals surface area (Å²) >= 11 is 0. The Morgan fingerprint density at radius 2 is 1.29 bits per heavy atom. The van der Waals surface area contributed by atoms with Crippen LogP contribution >= 0.6 is 0 Å². The average molecular weight is 202 g/mol. The van der Waals surface area contributed by atoms with E-state index in [9.17, 15) is 5.02 Å². The Kier molecular flexibility index (Phi) is 8.24. The second-order valence-corrected chi connectivity index (χ2v) is 4.41. The van der Waals surface area contributed by atoms with E-state index < -0.39 is 7.32 Å². The summed E-state index contributed by atoms with van der Waals surface area (Å²) in [5.74, 6) is 1.19. The molecule has 14 heavy (non-hydrogen) atoms. The molecule has 1 N–H and O–H groups in total. The van der Waals surface area contributed by atoms with Gasteiger partial charge in [0.05, 0.1) is 0 Å². The van der Waals surface area contributed by atoms with Crippen LogP contribution in [0.1, 0.15) is 40.5 Å². The van der Waals surface area contributed by atoms with Crippen LogP contribution in [0.5, 0.6) is 0 Å². The van der Waals surface area contributed by atoms with Crippen molar-refractivity contribution in [3.05, 3.63) is 0 Å². The fourth-order valence-electron chi connectivity index (χ4n) is 0.857. The van der Waals surface area contributed by atoms with E-state index in [0.29, 0.717) is 25.0 Å². The van der Waals surface area contributed by atoms with Gasteiger partial charge in [0, 0.05) is 13.2 Å². The molecule has 84 valence electrons. The van der Waals surface area contributed by atoms with Crippen LogP contribution in [0.25, 0.3) is 0 Å². The molecule has 3 nitrogen and oxygen atoms in total. The first-order valence-corrected chi connectivity index (χ1v) is 5.43. The first-order chi connectivity index (χ1) is 6.52. The van der Waals surface area contributed by atoms with Crippen LogP contribution in [0.3, 0.4) is 0 Å². The van der Waals surface area contributed by atoms with Gasteiger partial charge >= 0.3 is 7.32 Å². The molecule has 0 heterocycles. The summed E-state index contributed by atoms with van der Waals surface area (Å²) in [7, 11) is -1.05. The topological polar surface area (TPSA) is 38.7 Å². The third-order valence-corrected chi connectivity index (χ3v) is 1.91. The van der Waals surface area contributed by atoms with E-state index in [1.165, 1.54) is 0 Å². The summed E-state index contributed by atoms with van der Waals surface area (Å²) < 4.78 is 10.1. The predicted molar refractivity (Wildman–Crippen MR) is 58.8 cm³/mol. The standard InChI is InChI=1S/C10H23BO3/c1-9(2)5-7-13-11(12)14-8-6-10(3)4/h9-10,12H,5-8H2,1-4H3. The van der Waals surface area contributed by atoms with E-state index in [4.69, 9.17) is 9.31 Å². The average Bonchev–Trinajstić information content (AvgIpc) is 2.02. The highest BCUT2D eigenvalue weighted by molar-refractivity contribution is 6.34. The summed E-state index contributed by atoms with van der Waals surface area (Å²) in [6, 6.07) is 0. The van der Waals surface area contributed by atoms with Crippen molar-refractivity contribution in [3.8, 4) is 0 Å². The maximum atomic E-state index is 9.23. The van der Waals surface area contributed by atoms with Crippen LogP contribution in [0.2, 0.25) is 0 Å². The van der Waals surface area contributed by atoms with Crippen molar-refractivity contribution in [1.82, 2.24) is 0 Å². The van der Waals surface area contributed by atoms with Crippen LogP contribution in [0.4, 0.5) is 0 Å². The van der Waals surface area contributed by atoms with E-state index in [0.717, 1.165) is 12.8 Å². The lowest BCUT2D eigenvalue weighted by atomic mass is 10.1. The third-order valence-electron chi connectivity index (χ3n) is 1.91.